The predicted octanol–water partition coefficient (Wildman–Crippen LogP) is 3.53. The Morgan fingerprint density at radius 2 is 1.64 bits per heavy atom. The van der Waals surface area contributed by atoms with Gasteiger partial charge in [0.1, 0.15) is 6.10 Å². The zero-order valence-corrected chi connectivity index (χ0v) is 13.7. The summed E-state index contributed by atoms with van der Waals surface area (Å²) in [5, 5.41) is 0. The number of ether oxygens (including phenoxy) is 2. The lowest BCUT2D eigenvalue weighted by atomic mass is 10.1. The quantitative estimate of drug-likeness (QED) is 0.655. The zero-order chi connectivity index (χ0) is 16.4. The molecule has 0 amide bonds. The zero-order valence-electron chi connectivity index (χ0n) is 13.7. The topological polar surface area (TPSA) is 52.6 Å². The molecule has 0 saturated heterocycles. The number of carbonyl (C=O) groups excluding carboxylic acids is 2. The third kappa shape index (κ3) is 7.81. The van der Waals surface area contributed by atoms with Crippen LogP contribution in [0, 0.1) is 5.92 Å². The molecule has 0 radical (unpaired) electrons. The molecular weight excluding hydrogens is 280 g/mol. The van der Waals surface area contributed by atoms with Gasteiger partial charge in [0.15, 0.2) is 0 Å². The van der Waals surface area contributed by atoms with Crippen LogP contribution in [0.4, 0.5) is 0 Å². The third-order valence-electron chi connectivity index (χ3n) is 3.51. The molecule has 0 aliphatic carbocycles. The Labute approximate surface area is 132 Å². The molecule has 1 aromatic carbocycles. The van der Waals surface area contributed by atoms with Gasteiger partial charge in [-0.3, -0.25) is 9.59 Å². The number of rotatable bonds is 9. The second-order valence-electron chi connectivity index (χ2n) is 5.75. The van der Waals surface area contributed by atoms with E-state index in [0.29, 0.717) is 25.4 Å². The molecule has 0 aliphatic heterocycles. The largest absolute Gasteiger partial charge is 0.465 e. The van der Waals surface area contributed by atoms with E-state index in [0.717, 1.165) is 5.56 Å². The molecule has 0 N–H and O–H groups in total. The lowest BCUT2D eigenvalue weighted by molar-refractivity contribution is -0.150. The molecule has 0 fully saturated rings. The number of hydrogen-bond donors (Lipinski definition) is 0. The summed E-state index contributed by atoms with van der Waals surface area (Å²) in [6, 6.07) is 9.87. The summed E-state index contributed by atoms with van der Waals surface area (Å²) in [5.41, 5.74) is 1.14. The van der Waals surface area contributed by atoms with E-state index in [1.165, 1.54) is 0 Å². The van der Waals surface area contributed by atoms with Gasteiger partial charge < -0.3 is 9.47 Å². The molecular formula is C18H26O4. The Balaban J connectivity index is 2.09. The Hall–Kier alpha value is -1.84. The first-order valence-electron chi connectivity index (χ1n) is 7.88. The first-order valence-corrected chi connectivity index (χ1v) is 7.88. The maximum Gasteiger partial charge on any atom is 0.306 e. The van der Waals surface area contributed by atoms with Gasteiger partial charge >= 0.3 is 11.9 Å². The van der Waals surface area contributed by atoms with Crippen LogP contribution >= 0.6 is 0 Å². The van der Waals surface area contributed by atoms with E-state index in [-0.39, 0.29) is 30.9 Å². The van der Waals surface area contributed by atoms with Gasteiger partial charge in [-0.25, -0.2) is 0 Å². The molecule has 1 unspecified atom stereocenters. The van der Waals surface area contributed by atoms with E-state index in [1.54, 1.807) is 0 Å². The van der Waals surface area contributed by atoms with Crippen molar-refractivity contribution >= 4 is 11.9 Å². The third-order valence-corrected chi connectivity index (χ3v) is 3.51. The van der Waals surface area contributed by atoms with Gasteiger partial charge in [0.05, 0.1) is 6.61 Å². The molecule has 1 aromatic rings. The fourth-order valence-corrected chi connectivity index (χ4v) is 1.78. The molecule has 0 aromatic heterocycles. The van der Waals surface area contributed by atoms with Crippen LogP contribution in [0.25, 0.3) is 0 Å². The summed E-state index contributed by atoms with van der Waals surface area (Å²) in [6.07, 6.45) is 1.59. The average Bonchev–Trinajstić information content (AvgIpc) is 2.48. The van der Waals surface area contributed by atoms with Crippen LogP contribution in [-0.2, 0) is 25.5 Å². The van der Waals surface area contributed by atoms with Crippen LogP contribution in [0.3, 0.4) is 0 Å². The van der Waals surface area contributed by atoms with Crippen LogP contribution in [0.5, 0.6) is 0 Å². The van der Waals surface area contributed by atoms with E-state index < -0.39 is 0 Å². The Kier molecular flexibility index (Phi) is 8.26. The first-order chi connectivity index (χ1) is 10.5. The van der Waals surface area contributed by atoms with Gasteiger partial charge in [-0.2, -0.15) is 0 Å². The molecule has 0 saturated carbocycles. The highest BCUT2D eigenvalue weighted by atomic mass is 16.5. The highest BCUT2D eigenvalue weighted by molar-refractivity contribution is 5.72. The molecule has 22 heavy (non-hydrogen) atoms. The van der Waals surface area contributed by atoms with Crippen molar-refractivity contribution in [3.8, 4) is 0 Å². The molecule has 122 valence electrons. The van der Waals surface area contributed by atoms with Crippen molar-refractivity contribution in [2.24, 2.45) is 5.92 Å². The monoisotopic (exact) mass is 306 g/mol. The maximum absolute atomic E-state index is 11.6. The van der Waals surface area contributed by atoms with Crippen LogP contribution < -0.4 is 0 Å². The van der Waals surface area contributed by atoms with Gasteiger partial charge in [0.2, 0.25) is 0 Å². The Morgan fingerprint density at radius 3 is 2.27 bits per heavy atom. The molecule has 0 bridgehead atoms. The van der Waals surface area contributed by atoms with E-state index in [4.69, 9.17) is 9.47 Å². The molecule has 4 heteroatoms. The summed E-state index contributed by atoms with van der Waals surface area (Å²) in [6.45, 7) is 6.25. The van der Waals surface area contributed by atoms with Gasteiger partial charge in [-0.05, 0) is 24.8 Å². The van der Waals surface area contributed by atoms with E-state index in [9.17, 15) is 9.59 Å². The predicted molar refractivity (Wildman–Crippen MR) is 85.3 cm³/mol. The van der Waals surface area contributed by atoms with Crippen LogP contribution in [0.15, 0.2) is 30.3 Å². The summed E-state index contributed by atoms with van der Waals surface area (Å²) in [4.78, 5) is 23.1. The smallest absolute Gasteiger partial charge is 0.306 e. The summed E-state index contributed by atoms with van der Waals surface area (Å²) in [5.74, 6) is -0.217. The lowest BCUT2D eigenvalue weighted by Gasteiger charge is -2.16. The second kappa shape index (κ2) is 9.98. The fourth-order valence-electron chi connectivity index (χ4n) is 1.78. The standard InChI is InChI=1S/C18H26O4/c1-14(2)15(3)22-18(20)11-7-10-17(19)21-13-12-16-8-5-4-6-9-16/h4-6,8-9,14-15H,7,10-13H2,1-3H3. The minimum atomic E-state index is -0.263. The van der Waals surface area contributed by atoms with Crippen molar-refractivity contribution in [1.82, 2.24) is 0 Å². The van der Waals surface area contributed by atoms with E-state index in [2.05, 4.69) is 0 Å². The van der Waals surface area contributed by atoms with Crippen LogP contribution in [0.2, 0.25) is 0 Å². The summed E-state index contributed by atoms with van der Waals surface area (Å²) >= 11 is 0. The SMILES string of the molecule is CC(C)C(C)OC(=O)CCCC(=O)OCCc1ccccc1. The molecule has 4 nitrogen and oxygen atoms in total. The van der Waals surface area contributed by atoms with Crippen molar-refractivity contribution in [2.45, 2.75) is 52.6 Å². The van der Waals surface area contributed by atoms with Gasteiger partial charge in [0, 0.05) is 19.3 Å². The summed E-state index contributed by atoms with van der Waals surface area (Å²) < 4.78 is 10.4. The van der Waals surface area contributed by atoms with Crippen LogP contribution in [-0.4, -0.2) is 24.6 Å². The van der Waals surface area contributed by atoms with Gasteiger partial charge in [-0.15, -0.1) is 0 Å². The average molecular weight is 306 g/mol. The fraction of sp³-hybridized carbons (Fsp3) is 0.556. The molecule has 1 atom stereocenters. The van der Waals surface area contributed by atoms with Crippen molar-refractivity contribution in [3.63, 3.8) is 0 Å². The minimum Gasteiger partial charge on any atom is -0.465 e. The maximum atomic E-state index is 11.6. The molecule has 0 heterocycles. The lowest BCUT2D eigenvalue weighted by Crippen LogP contribution is -2.20. The Morgan fingerprint density at radius 1 is 1.00 bits per heavy atom. The highest BCUT2D eigenvalue weighted by Gasteiger charge is 2.13. The van der Waals surface area contributed by atoms with Crippen molar-refractivity contribution < 1.29 is 19.1 Å². The normalized spacial score (nSPS) is 12.0. The van der Waals surface area contributed by atoms with Crippen LogP contribution in [0.1, 0.15) is 45.6 Å². The molecule has 0 aliphatic rings. The van der Waals surface area contributed by atoms with E-state index >= 15 is 0 Å². The number of hydrogen-bond acceptors (Lipinski definition) is 4. The van der Waals surface area contributed by atoms with E-state index in [1.807, 2.05) is 51.1 Å². The number of esters is 2. The van der Waals surface area contributed by atoms with Crippen molar-refractivity contribution in [3.05, 3.63) is 35.9 Å². The second-order valence-corrected chi connectivity index (χ2v) is 5.75. The first kappa shape index (κ1) is 18.2. The van der Waals surface area contributed by atoms with Gasteiger partial charge in [-0.1, -0.05) is 44.2 Å². The minimum absolute atomic E-state index is 0.0923. The van der Waals surface area contributed by atoms with Crippen molar-refractivity contribution in [2.75, 3.05) is 6.61 Å². The molecule has 0 spiro atoms. The highest BCUT2D eigenvalue weighted by Crippen LogP contribution is 2.08. The van der Waals surface area contributed by atoms with Crippen molar-refractivity contribution in [1.29, 1.82) is 0 Å². The number of benzene rings is 1. The molecule has 1 rings (SSSR count). The Bertz CT molecular complexity index is 453. The number of carbonyl (C=O) groups is 2. The summed E-state index contributed by atoms with van der Waals surface area (Å²) in [7, 11) is 0. The van der Waals surface area contributed by atoms with Gasteiger partial charge in [0.25, 0.3) is 0 Å².